The summed E-state index contributed by atoms with van der Waals surface area (Å²) in [7, 11) is 0. The summed E-state index contributed by atoms with van der Waals surface area (Å²) in [5.41, 5.74) is 4.65. The lowest BCUT2D eigenvalue weighted by Gasteiger charge is -2.19. The first kappa shape index (κ1) is 17.4. The van der Waals surface area contributed by atoms with E-state index in [0.29, 0.717) is 18.8 Å². The molecule has 5 heteroatoms. The number of amides is 1. The first-order chi connectivity index (χ1) is 12.0. The Morgan fingerprint density at radius 3 is 2.56 bits per heavy atom. The van der Waals surface area contributed by atoms with Crippen molar-refractivity contribution in [2.75, 3.05) is 13.1 Å². The molecule has 2 heterocycles. The fourth-order valence-electron chi connectivity index (χ4n) is 2.88. The fourth-order valence-corrected chi connectivity index (χ4v) is 3.56. The average molecular weight is 353 g/mol. The van der Waals surface area contributed by atoms with Gasteiger partial charge in [-0.25, -0.2) is 4.68 Å². The minimum atomic E-state index is 0.0150. The van der Waals surface area contributed by atoms with Crippen molar-refractivity contribution >= 4 is 17.2 Å². The van der Waals surface area contributed by atoms with Crippen LogP contribution >= 0.6 is 11.3 Å². The normalized spacial score (nSPS) is 10.9. The number of aryl methyl sites for hydroxylation is 2. The van der Waals surface area contributed by atoms with E-state index in [4.69, 9.17) is 5.10 Å². The zero-order valence-electron chi connectivity index (χ0n) is 15.1. The number of rotatable bonds is 5. The van der Waals surface area contributed by atoms with Crippen LogP contribution in [0.5, 0.6) is 0 Å². The topological polar surface area (TPSA) is 38.1 Å². The third kappa shape index (κ3) is 3.37. The maximum atomic E-state index is 13.0. The summed E-state index contributed by atoms with van der Waals surface area (Å²) in [5.74, 6) is 0.0150. The molecule has 130 valence electrons. The second-order valence-electron chi connectivity index (χ2n) is 6.07. The summed E-state index contributed by atoms with van der Waals surface area (Å²) in [6.45, 7) is 9.47. The van der Waals surface area contributed by atoms with Crippen LogP contribution in [0.4, 0.5) is 0 Å². The first-order valence-corrected chi connectivity index (χ1v) is 9.44. The minimum absolute atomic E-state index is 0.0150. The second kappa shape index (κ2) is 7.23. The highest BCUT2D eigenvalue weighted by atomic mass is 32.1. The molecule has 0 aliphatic carbocycles. The van der Waals surface area contributed by atoms with Gasteiger partial charge in [0, 0.05) is 13.1 Å². The molecular formula is C20H23N3OS. The average Bonchev–Trinajstić information content (AvgIpc) is 3.27. The van der Waals surface area contributed by atoms with Gasteiger partial charge in [0.15, 0.2) is 0 Å². The number of benzene rings is 1. The molecule has 0 unspecified atom stereocenters. The summed E-state index contributed by atoms with van der Waals surface area (Å²) in [6, 6.07) is 12.2. The van der Waals surface area contributed by atoms with E-state index in [-0.39, 0.29) is 5.91 Å². The lowest BCUT2D eigenvalue weighted by atomic mass is 10.1. The van der Waals surface area contributed by atoms with Gasteiger partial charge >= 0.3 is 0 Å². The summed E-state index contributed by atoms with van der Waals surface area (Å²) < 4.78 is 1.80. The van der Waals surface area contributed by atoms with Crippen molar-refractivity contribution in [2.24, 2.45) is 0 Å². The Kier molecular flexibility index (Phi) is 5.04. The van der Waals surface area contributed by atoms with Crippen LogP contribution in [-0.4, -0.2) is 33.7 Å². The Balaban J connectivity index is 2.18. The largest absolute Gasteiger partial charge is 0.338 e. The number of carbonyl (C=O) groups excluding carboxylic acids is 1. The van der Waals surface area contributed by atoms with E-state index in [0.717, 1.165) is 27.4 Å². The molecule has 0 saturated carbocycles. The molecule has 1 aromatic carbocycles. The number of nitrogens with zero attached hydrogens (tertiary/aromatic N) is 3. The summed E-state index contributed by atoms with van der Waals surface area (Å²) in [5, 5.41) is 6.80. The molecule has 0 aliphatic rings. The van der Waals surface area contributed by atoms with E-state index in [1.54, 1.807) is 16.0 Å². The molecule has 4 nitrogen and oxygen atoms in total. The third-order valence-corrected chi connectivity index (χ3v) is 5.24. The number of hydrogen-bond donors (Lipinski definition) is 0. The number of carbonyl (C=O) groups is 1. The highest BCUT2D eigenvalue weighted by Crippen LogP contribution is 2.27. The van der Waals surface area contributed by atoms with Crippen molar-refractivity contribution < 1.29 is 4.79 Å². The standard InChI is InChI=1S/C20H23N3OS/c1-5-22(6-2)20(24)18-13-16(19-8-7-11-25-19)21-23(18)17-12-14(3)9-10-15(17)4/h7-13H,5-6H2,1-4H3. The molecule has 3 aromatic rings. The van der Waals surface area contributed by atoms with Crippen LogP contribution < -0.4 is 0 Å². The van der Waals surface area contributed by atoms with Gasteiger partial charge in [0.25, 0.3) is 5.91 Å². The maximum Gasteiger partial charge on any atom is 0.272 e. The van der Waals surface area contributed by atoms with E-state index >= 15 is 0 Å². The Morgan fingerprint density at radius 2 is 1.92 bits per heavy atom. The predicted molar refractivity (Wildman–Crippen MR) is 104 cm³/mol. The monoisotopic (exact) mass is 353 g/mol. The van der Waals surface area contributed by atoms with Gasteiger partial charge in [0.2, 0.25) is 0 Å². The number of aromatic nitrogens is 2. The quantitative estimate of drug-likeness (QED) is 0.667. The summed E-state index contributed by atoms with van der Waals surface area (Å²) >= 11 is 1.63. The van der Waals surface area contributed by atoms with E-state index in [1.807, 2.05) is 49.3 Å². The fraction of sp³-hybridized carbons (Fsp3) is 0.300. The summed E-state index contributed by atoms with van der Waals surface area (Å²) in [6.07, 6.45) is 0. The van der Waals surface area contributed by atoms with Gasteiger partial charge in [0.05, 0.1) is 10.6 Å². The van der Waals surface area contributed by atoms with Gasteiger partial charge in [-0.15, -0.1) is 11.3 Å². The maximum absolute atomic E-state index is 13.0. The molecule has 0 atom stereocenters. The Hall–Kier alpha value is -2.40. The van der Waals surface area contributed by atoms with Crippen molar-refractivity contribution in [2.45, 2.75) is 27.7 Å². The molecule has 0 aliphatic heterocycles. The summed E-state index contributed by atoms with van der Waals surface area (Å²) in [4.78, 5) is 15.9. The molecule has 3 rings (SSSR count). The van der Waals surface area contributed by atoms with Crippen molar-refractivity contribution in [1.82, 2.24) is 14.7 Å². The van der Waals surface area contributed by atoms with Crippen LogP contribution in [0.25, 0.3) is 16.3 Å². The molecule has 25 heavy (non-hydrogen) atoms. The molecule has 0 saturated heterocycles. The van der Waals surface area contributed by atoms with Crippen LogP contribution in [-0.2, 0) is 0 Å². The smallest absolute Gasteiger partial charge is 0.272 e. The number of hydrogen-bond acceptors (Lipinski definition) is 3. The van der Waals surface area contributed by atoms with Crippen LogP contribution in [0.1, 0.15) is 35.5 Å². The zero-order chi connectivity index (χ0) is 18.0. The van der Waals surface area contributed by atoms with Gasteiger partial charge < -0.3 is 4.90 Å². The van der Waals surface area contributed by atoms with E-state index in [1.165, 1.54) is 0 Å². The van der Waals surface area contributed by atoms with Gasteiger partial charge in [-0.3, -0.25) is 4.79 Å². The lowest BCUT2D eigenvalue weighted by Crippen LogP contribution is -2.32. The van der Waals surface area contributed by atoms with Gasteiger partial charge in [-0.2, -0.15) is 5.10 Å². The van der Waals surface area contributed by atoms with Crippen LogP contribution in [0.15, 0.2) is 41.8 Å². The number of thiophene rings is 1. The zero-order valence-corrected chi connectivity index (χ0v) is 15.9. The van der Waals surface area contributed by atoms with Crippen LogP contribution in [0.2, 0.25) is 0 Å². The highest BCUT2D eigenvalue weighted by molar-refractivity contribution is 7.13. The van der Waals surface area contributed by atoms with Crippen LogP contribution in [0.3, 0.4) is 0 Å². The Morgan fingerprint density at radius 1 is 1.16 bits per heavy atom. The van der Waals surface area contributed by atoms with Crippen molar-refractivity contribution in [3.63, 3.8) is 0 Å². The molecule has 0 N–H and O–H groups in total. The van der Waals surface area contributed by atoms with E-state index < -0.39 is 0 Å². The Bertz CT molecular complexity index is 876. The molecule has 0 spiro atoms. The molecule has 0 fully saturated rings. The predicted octanol–water partition coefficient (Wildman–Crippen LogP) is 4.70. The molecule has 0 bridgehead atoms. The van der Waals surface area contributed by atoms with Gasteiger partial charge in [0.1, 0.15) is 11.4 Å². The Labute approximate surface area is 152 Å². The molecular weight excluding hydrogens is 330 g/mol. The van der Waals surface area contributed by atoms with Gasteiger partial charge in [-0.1, -0.05) is 18.2 Å². The lowest BCUT2D eigenvalue weighted by molar-refractivity contribution is 0.0764. The molecule has 0 radical (unpaired) electrons. The van der Waals surface area contributed by atoms with Crippen molar-refractivity contribution in [3.05, 3.63) is 58.6 Å². The van der Waals surface area contributed by atoms with Crippen LogP contribution in [0, 0.1) is 13.8 Å². The van der Waals surface area contributed by atoms with Gasteiger partial charge in [-0.05, 0) is 62.4 Å². The minimum Gasteiger partial charge on any atom is -0.338 e. The van der Waals surface area contributed by atoms with E-state index in [9.17, 15) is 4.79 Å². The van der Waals surface area contributed by atoms with Crippen molar-refractivity contribution in [3.8, 4) is 16.3 Å². The second-order valence-corrected chi connectivity index (χ2v) is 7.02. The highest BCUT2D eigenvalue weighted by Gasteiger charge is 2.22. The molecule has 1 amide bonds. The van der Waals surface area contributed by atoms with E-state index in [2.05, 4.69) is 25.1 Å². The molecule has 2 aromatic heterocycles. The third-order valence-electron chi connectivity index (χ3n) is 4.35. The van der Waals surface area contributed by atoms with Crippen molar-refractivity contribution in [1.29, 1.82) is 0 Å². The first-order valence-electron chi connectivity index (χ1n) is 8.56. The SMILES string of the molecule is CCN(CC)C(=O)c1cc(-c2cccs2)nn1-c1cc(C)ccc1C.